The minimum atomic E-state index is -0.998. The van der Waals surface area contributed by atoms with Crippen molar-refractivity contribution in [2.75, 3.05) is 30.5 Å². The Balaban J connectivity index is 1.87. The molecule has 0 unspecified atom stereocenters. The van der Waals surface area contributed by atoms with E-state index in [2.05, 4.69) is 10.3 Å². The van der Waals surface area contributed by atoms with Gasteiger partial charge in [0, 0.05) is 19.3 Å². The molecule has 0 aliphatic heterocycles. The Hall–Kier alpha value is -2.67. The van der Waals surface area contributed by atoms with Crippen molar-refractivity contribution < 1.29 is 14.3 Å². The smallest absolute Gasteiger partial charge is 0.411 e. The van der Waals surface area contributed by atoms with E-state index in [1.54, 1.807) is 12.1 Å². The molecule has 0 aliphatic rings. The highest BCUT2D eigenvalue weighted by molar-refractivity contribution is 7.22. The highest BCUT2D eigenvalue weighted by Crippen LogP contribution is 2.31. The lowest BCUT2D eigenvalue weighted by atomic mass is 10.1. The average molecular weight is 345 g/mol. The maximum absolute atomic E-state index is 12.2. The van der Waals surface area contributed by atoms with Gasteiger partial charge < -0.3 is 10.4 Å². The Morgan fingerprint density at radius 1 is 1.25 bits per heavy atom. The van der Waals surface area contributed by atoms with Gasteiger partial charge in [0.05, 0.1) is 10.2 Å². The van der Waals surface area contributed by atoms with E-state index < -0.39 is 12.8 Å². The molecule has 7 heteroatoms. The molecular formula is C17H16FN3O2S. The molecule has 0 bridgehead atoms. The fourth-order valence-electron chi connectivity index (χ4n) is 2.32. The Bertz CT molecular complexity index is 864. The van der Waals surface area contributed by atoms with E-state index in [0.29, 0.717) is 10.8 Å². The van der Waals surface area contributed by atoms with E-state index in [1.807, 2.05) is 30.3 Å². The van der Waals surface area contributed by atoms with Gasteiger partial charge in [-0.25, -0.2) is 14.2 Å². The van der Waals surface area contributed by atoms with Gasteiger partial charge in [-0.15, -0.1) is 0 Å². The first-order valence-corrected chi connectivity index (χ1v) is 8.17. The number of amides is 1. The molecule has 1 amide bonds. The molecule has 3 rings (SSSR count). The van der Waals surface area contributed by atoms with Crippen LogP contribution in [0.15, 0.2) is 42.5 Å². The number of anilines is 2. The van der Waals surface area contributed by atoms with Gasteiger partial charge in [0.15, 0.2) is 5.13 Å². The number of alkyl halides is 1. The number of hydrogen-bond acceptors (Lipinski definition) is 4. The Kier molecular flexibility index (Phi) is 4.61. The lowest BCUT2D eigenvalue weighted by molar-refractivity contribution is 0.203. The number of benzene rings is 2. The zero-order chi connectivity index (χ0) is 17.1. The third-order valence-corrected chi connectivity index (χ3v) is 4.61. The molecule has 0 fully saturated rings. The summed E-state index contributed by atoms with van der Waals surface area (Å²) in [6.45, 7) is -0.177. The molecule has 0 saturated carbocycles. The van der Waals surface area contributed by atoms with Crippen LogP contribution in [0.1, 0.15) is 0 Å². The van der Waals surface area contributed by atoms with Gasteiger partial charge in [0.25, 0.3) is 0 Å². The highest BCUT2D eigenvalue weighted by Gasteiger charge is 2.09. The van der Waals surface area contributed by atoms with E-state index in [1.165, 1.54) is 23.3 Å². The molecule has 2 aromatic carbocycles. The van der Waals surface area contributed by atoms with Crippen molar-refractivity contribution in [2.24, 2.45) is 0 Å². The molecule has 1 aromatic heterocycles. The molecule has 3 aromatic rings. The van der Waals surface area contributed by atoms with Crippen LogP contribution in [0.25, 0.3) is 21.3 Å². The van der Waals surface area contributed by atoms with E-state index >= 15 is 0 Å². The zero-order valence-corrected chi connectivity index (χ0v) is 13.8. The predicted molar refractivity (Wildman–Crippen MR) is 95.9 cm³/mol. The summed E-state index contributed by atoms with van der Waals surface area (Å²) >= 11 is 1.48. The van der Waals surface area contributed by atoms with Crippen molar-refractivity contribution in [3.8, 4) is 11.1 Å². The van der Waals surface area contributed by atoms with Crippen LogP contribution in [-0.4, -0.2) is 36.5 Å². The molecule has 2 N–H and O–H groups in total. The summed E-state index contributed by atoms with van der Waals surface area (Å²) in [4.78, 5) is 16.5. The number of carboxylic acid groups (broad SMARTS) is 1. The normalized spacial score (nSPS) is 10.8. The number of thiazole rings is 1. The maximum atomic E-state index is 12.2. The zero-order valence-electron chi connectivity index (χ0n) is 13.0. The SMILES string of the molecule is CN(C(=O)O)c1ccc(-c2ccc3nc(NCCF)sc3c2)cc1. The fraction of sp³-hybridized carbons (Fsp3) is 0.176. The summed E-state index contributed by atoms with van der Waals surface area (Å²) in [7, 11) is 1.51. The number of halogens is 1. The summed E-state index contributed by atoms with van der Waals surface area (Å²) < 4.78 is 13.2. The number of fused-ring (bicyclic) bond motifs is 1. The average Bonchev–Trinajstić information content (AvgIpc) is 3.01. The van der Waals surface area contributed by atoms with Crippen LogP contribution in [0, 0.1) is 0 Å². The second kappa shape index (κ2) is 6.84. The van der Waals surface area contributed by atoms with Crippen LogP contribution in [0.3, 0.4) is 0 Å². The van der Waals surface area contributed by atoms with Crippen molar-refractivity contribution in [3.05, 3.63) is 42.5 Å². The molecule has 24 heavy (non-hydrogen) atoms. The van der Waals surface area contributed by atoms with Crippen molar-refractivity contribution >= 4 is 38.5 Å². The number of nitrogens with one attached hydrogen (secondary N) is 1. The fourth-order valence-corrected chi connectivity index (χ4v) is 3.25. The summed E-state index contributed by atoms with van der Waals surface area (Å²) in [6, 6.07) is 13.3. The Morgan fingerprint density at radius 3 is 2.62 bits per heavy atom. The molecule has 0 aliphatic carbocycles. The van der Waals surface area contributed by atoms with Crippen LogP contribution in [0.2, 0.25) is 0 Å². The van der Waals surface area contributed by atoms with Gasteiger partial charge in [-0.3, -0.25) is 4.90 Å². The van der Waals surface area contributed by atoms with Crippen molar-refractivity contribution in [1.29, 1.82) is 0 Å². The van der Waals surface area contributed by atoms with Crippen LogP contribution < -0.4 is 10.2 Å². The molecule has 0 saturated heterocycles. The molecule has 0 spiro atoms. The summed E-state index contributed by atoms with van der Waals surface area (Å²) in [6.07, 6.45) is -0.998. The largest absolute Gasteiger partial charge is 0.465 e. The first kappa shape index (κ1) is 16.2. The molecule has 124 valence electrons. The number of carbonyl (C=O) groups is 1. The van der Waals surface area contributed by atoms with Crippen molar-refractivity contribution in [3.63, 3.8) is 0 Å². The molecule has 0 atom stereocenters. The lowest BCUT2D eigenvalue weighted by Crippen LogP contribution is -2.23. The van der Waals surface area contributed by atoms with Crippen LogP contribution in [-0.2, 0) is 0 Å². The quantitative estimate of drug-likeness (QED) is 0.716. The lowest BCUT2D eigenvalue weighted by Gasteiger charge is -2.13. The standard InChI is InChI=1S/C17H16FN3O2S/c1-21(17(22)23)13-5-2-11(3-6-13)12-4-7-14-15(10-12)24-16(20-14)19-9-8-18/h2-7,10H,8-9H2,1H3,(H,19,20)(H,22,23). The molecule has 1 heterocycles. The highest BCUT2D eigenvalue weighted by atomic mass is 32.1. The minimum Gasteiger partial charge on any atom is -0.465 e. The van der Waals surface area contributed by atoms with Gasteiger partial charge in [0.1, 0.15) is 6.67 Å². The van der Waals surface area contributed by atoms with Gasteiger partial charge in [-0.05, 0) is 35.4 Å². The first-order valence-electron chi connectivity index (χ1n) is 7.36. The Morgan fingerprint density at radius 2 is 1.96 bits per heavy atom. The number of rotatable bonds is 5. The van der Waals surface area contributed by atoms with Crippen molar-refractivity contribution in [1.82, 2.24) is 4.98 Å². The van der Waals surface area contributed by atoms with Gasteiger partial charge in [-0.1, -0.05) is 29.5 Å². The molecule has 0 radical (unpaired) electrons. The maximum Gasteiger partial charge on any atom is 0.411 e. The number of hydrogen-bond donors (Lipinski definition) is 2. The van der Waals surface area contributed by atoms with Crippen LogP contribution in [0.5, 0.6) is 0 Å². The van der Waals surface area contributed by atoms with Gasteiger partial charge in [-0.2, -0.15) is 0 Å². The summed E-state index contributed by atoms with van der Waals surface area (Å²) in [5.74, 6) is 0. The second-order valence-corrected chi connectivity index (χ2v) is 6.24. The number of aromatic nitrogens is 1. The van der Waals surface area contributed by atoms with Crippen molar-refractivity contribution in [2.45, 2.75) is 0 Å². The van der Waals surface area contributed by atoms with E-state index in [-0.39, 0.29) is 6.54 Å². The van der Waals surface area contributed by atoms with E-state index in [9.17, 15) is 9.18 Å². The summed E-state index contributed by atoms with van der Waals surface area (Å²) in [5, 5.41) is 12.6. The van der Waals surface area contributed by atoms with Crippen LogP contribution in [0.4, 0.5) is 20.0 Å². The predicted octanol–water partition coefficient (Wildman–Crippen LogP) is 4.46. The monoisotopic (exact) mass is 345 g/mol. The van der Waals surface area contributed by atoms with E-state index in [0.717, 1.165) is 21.3 Å². The van der Waals surface area contributed by atoms with E-state index in [4.69, 9.17) is 5.11 Å². The number of nitrogens with zero attached hydrogens (tertiary/aromatic N) is 2. The minimum absolute atomic E-state index is 0.255. The Labute approximate surface area is 142 Å². The third-order valence-electron chi connectivity index (χ3n) is 3.63. The van der Waals surface area contributed by atoms with Gasteiger partial charge in [0.2, 0.25) is 0 Å². The van der Waals surface area contributed by atoms with Gasteiger partial charge >= 0.3 is 6.09 Å². The van der Waals surface area contributed by atoms with Crippen LogP contribution >= 0.6 is 11.3 Å². The topological polar surface area (TPSA) is 65.5 Å². The second-order valence-electron chi connectivity index (χ2n) is 5.21. The molecular weight excluding hydrogens is 329 g/mol. The third kappa shape index (κ3) is 3.30. The molecule has 5 nitrogen and oxygen atoms in total. The summed E-state index contributed by atoms with van der Waals surface area (Å²) in [5.41, 5.74) is 3.49. The first-order chi connectivity index (χ1) is 11.6.